The fourth-order valence-electron chi connectivity index (χ4n) is 9.23. The molecule has 2 saturated carbocycles. The molecule has 11 nitrogen and oxygen atoms in total. The molecule has 4 aliphatic rings. The van der Waals surface area contributed by atoms with Crippen LogP contribution in [-0.2, 0) is 19.1 Å². The molecule has 2 aliphatic carbocycles. The summed E-state index contributed by atoms with van der Waals surface area (Å²) >= 11 is 0. The van der Waals surface area contributed by atoms with Crippen molar-refractivity contribution in [1.82, 2.24) is 20.2 Å². The van der Waals surface area contributed by atoms with Crippen LogP contribution in [0, 0.1) is 34.5 Å². The highest BCUT2D eigenvalue weighted by Gasteiger charge is 2.37. The van der Waals surface area contributed by atoms with E-state index in [9.17, 15) is 14.4 Å². The summed E-state index contributed by atoms with van der Waals surface area (Å²) in [6.07, 6.45) is 10.1. The van der Waals surface area contributed by atoms with Crippen LogP contribution in [0.25, 0.3) is 21.8 Å². The van der Waals surface area contributed by atoms with E-state index in [0.717, 1.165) is 103 Å². The molecule has 11 heteroatoms. The summed E-state index contributed by atoms with van der Waals surface area (Å²) in [6.45, 7) is 20.8. The zero-order valence-corrected chi connectivity index (χ0v) is 39.5. The van der Waals surface area contributed by atoms with E-state index >= 15 is 0 Å². The summed E-state index contributed by atoms with van der Waals surface area (Å²) in [4.78, 5) is 45.1. The maximum atomic E-state index is 11.6. The minimum atomic E-state index is -0.116. The third-order valence-corrected chi connectivity index (χ3v) is 13.8. The lowest BCUT2D eigenvalue weighted by Crippen LogP contribution is -2.51. The zero-order valence-electron chi connectivity index (χ0n) is 39.5. The number of likely N-dealkylation sites (tertiary alicyclic amines) is 1. The molecule has 1 unspecified atom stereocenters. The molecule has 2 aromatic carbocycles. The quantitative estimate of drug-likeness (QED) is 0.127. The molecular formula is C53H76N4O7. The third kappa shape index (κ3) is 13.2. The topological polar surface area (TPSA) is 129 Å². The van der Waals surface area contributed by atoms with Crippen LogP contribution in [0.15, 0.2) is 60.7 Å². The smallest absolute Gasteiger partial charge is 0.311 e. The summed E-state index contributed by atoms with van der Waals surface area (Å²) in [6, 6.07) is 20.3. The van der Waals surface area contributed by atoms with Gasteiger partial charge >= 0.3 is 11.9 Å². The van der Waals surface area contributed by atoms with Crippen molar-refractivity contribution in [3.8, 4) is 11.5 Å². The van der Waals surface area contributed by atoms with Gasteiger partial charge in [-0.05, 0) is 129 Å². The number of pyridine rings is 2. The number of ether oxygens (including phenoxy) is 4. The highest BCUT2D eigenvalue weighted by molar-refractivity contribution is 5.94. The molecule has 0 spiro atoms. The van der Waals surface area contributed by atoms with Gasteiger partial charge < -0.3 is 24.3 Å². The van der Waals surface area contributed by atoms with E-state index in [2.05, 4.69) is 98.7 Å². The van der Waals surface area contributed by atoms with E-state index in [1.54, 1.807) is 13.0 Å². The number of esters is 2. The molecule has 2 aromatic heterocycles. The molecule has 8 rings (SSSR count). The number of benzene rings is 2. The summed E-state index contributed by atoms with van der Waals surface area (Å²) < 4.78 is 21.9. The van der Waals surface area contributed by atoms with Crippen molar-refractivity contribution in [2.45, 2.75) is 132 Å². The number of nitrogens with zero attached hydrogens (tertiary/aromatic N) is 3. The molecule has 64 heavy (non-hydrogen) atoms. The Morgan fingerprint density at radius 3 is 1.50 bits per heavy atom. The second-order valence-corrected chi connectivity index (χ2v) is 20.3. The van der Waals surface area contributed by atoms with Crippen LogP contribution < -0.4 is 14.8 Å². The van der Waals surface area contributed by atoms with Crippen molar-refractivity contribution < 1.29 is 33.3 Å². The summed E-state index contributed by atoms with van der Waals surface area (Å²) in [5.41, 5.74) is 4.16. The van der Waals surface area contributed by atoms with Crippen molar-refractivity contribution in [2.75, 3.05) is 40.4 Å². The Morgan fingerprint density at radius 1 is 0.641 bits per heavy atom. The van der Waals surface area contributed by atoms with Crippen LogP contribution in [0.1, 0.15) is 136 Å². The van der Waals surface area contributed by atoms with Crippen molar-refractivity contribution in [3.63, 3.8) is 0 Å². The Balaban J connectivity index is 0.000000207. The maximum absolute atomic E-state index is 11.6. The van der Waals surface area contributed by atoms with Gasteiger partial charge in [-0.3, -0.25) is 24.3 Å². The predicted molar refractivity (Wildman–Crippen MR) is 256 cm³/mol. The lowest BCUT2D eigenvalue weighted by atomic mass is 9.72. The highest BCUT2D eigenvalue weighted by atomic mass is 16.5. The molecule has 2 saturated heterocycles. The lowest BCUT2D eigenvalue weighted by Gasteiger charge is -2.41. The first-order valence-electron chi connectivity index (χ1n) is 23.2. The zero-order chi connectivity index (χ0) is 45.5. The van der Waals surface area contributed by atoms with Crippen LogP contribution in [0.5, 0.6) is 11.5 Å². The summed E-state index contributed by atoms with van der Waals surface area (Å²) in [5, 5.41) is 5.09. The van der Waals surface area contributed by atoms with Gasteiger partial charge in [-0.15, -0.1) is 0 Å². The van der Waals surface area contributed by atoms with Crippen LogP contribution in [0.2, 0.25) is 0 Å². The standard InChI is InChI=1S/C26H36N2O3.C21H27NO2.C5H9NO2.CH4/c1-17(28-15-19(16-28)25(29)30-5)23-12-6-18-14-22(11-13-24(18)27-23)31-21-9-7-20(8-10-21)26(2,3)4;1-14(23)19-11-5-15-13-18(10-12-20(15)22-19)24-17-8-6-16(7-9-17)21(2,3)4;1-8-5(7)4-2-6-3-4;/h6,11-14,17,19-21H,7-10,15-16H2,1-5H3;5,10-13,16-17H,6-9H2,1-4H3;4,6H,2-3H2,1H3;1H4. The third-order valence-electron chi connectivity index (χ3n) is 13.8. The Hall–Kier alpha value is -4.61. The first-order chi connectivity index (χ1) is 29.9. The van der Waals surface area contributed by atoms with Crippen LogP contribution >= 0.6 is 0 Å². The number of hydrogen-bond acceptors (Lipinski definition) is 11. The van der Waals surface area contributed by atoms with Crippen LogP contribution in [-0.4, -0.2) is 85.2 Å². The molecule has 0 bridgehead atoms. The average molecular weight is 881 g/mol. The van der Waals surface area contributed by atoms with E-state index in [1.807, 2.05) is 24.3 Å². The predicted octanol–water partition coefficient (Wildman–Crippen LogP) is 10.8. The Bertz CT molecular complexity index is 2170. The van der Waals surface area contributed by atoms with Gasteiger partial charge in [-0.1, -0.05) is 61.1 Å². The largest absolute Gasteiger partial charge is 0.490 e. The number of ketones is 1. The van der Waals surface area contributed by atoms with Gasteiger partial charge in [-0.25, -0.2) is 4.98 Å². The van der Waals surface area contributed by atoms with E-state index in [-0.39, 0.29) is 43.0 Å². The summed E-state index contributed by atoms with van der Waals surface area (Å²) in [7, 11) is 2.87. The van der Waals surface area contributed by atoms with Gasteiger partial charge in [-0.2, -0.15) is 0 Å². The molecule has 4 aromatic rings. The SMILES string of the molecule is C.CC(=O)c1ccc2cc(OC3CCC(C(C)(C)C)CC3)ccc2n1.COC(=O)C1CN(C(C)c2ccc3cc(OC4CCC(C(C)(C)C)CC4)ccc3n2)C1.COC(=O)C1CNC1. The summed E-state index contributed by atoms with van der Waals surface area (Å²) in [5.74, 6) is 3.33. The number of fused-ring (bicyclic) bond motifs is 2. The number of nitrogens with one attached hydrogen (secondary N) is 1. The van der Waals surface area contributed by atoms with Gasteiger partial charge in [0.15, 0.2) is 5.78 Å². The average Bonchev–Trinajstić information content (AvgIpc) is 3.22. The lowest BCUT2D eigenvalue weighted by molar-refractivity contribution is -0.152. The number of rotatable bonds is 9. The van der Waals surface area contributed by atoms with E-state index in [0.29, 0.717) is 28.7 Å². The van der Waals surface area contributed by atoms with Crippen molar-refractivity contribution >= 4 is 39.5 Å². The number of methoxy groups -OCH3 is 2. The fourth-order valence-corrected chi connectivity index (χ4v) is 9.23. The highest BCUT2D eigenvalue weighted by Crippen LogP contribution is 2.40. The van der Waals surface area contributed by atoms with Gasteiger partial charge in [0.05, 0.1) is 55.0 Å². The molecular weight excluding hydrogens is 805 g/mol. The normalized spacial score (nSPS) is 22.2. The number of hydrogen-bond donors (Lipinski definition) is 1. The van der Waals surface area contributed by atoms with Gasteiger partial charge in [0.1, 0.15) is 17.2 Å². The molecule has 1 N–H and O–H groups in total. The van der Waals surface area contributed by atoms with Gasteiger partial charge in [0.25, 0.3) is 0 Å². The van der Waals surface area contributed by atoms with Gasteiger partial charge in [0.2, 0.25) is 0 Å². The Labute approximate surface area is 382 Å². The first kappa shape index (κ1) is 50.4. The van der Waals surface area contributed by atoms with E-state index in [4.69, 9.17) is 19.2 Å². The minimum Gasteiger partial charge on any atom is -0.490 e. The Kier molecular flexibility index (Phi) is 17.4. The molecule has 4 fully saturated rings. The number of aromatic nitrogens is 2. The molecule has 0 amide bonds. The monoisotopic (exact) mass is 881 g/mol. The molecule has 350 valence electrons. The fraction of sp³-hybridized carbons (Fsp3) is 0.604. The van der Waals surface area contributed by atoms with Crippen LogP contribution in [0.4, 0.5) is 0 Å². The molecule has 4 heterocycles. The molecule has 1 atom stereocenters. The van der Waals surface area contributed by atoms with Crippen molar-refractivity contribution in [3.05, 3.63) is 72.1 Å². The number of Topliss-reactive ketones (excluding diaryl/α,β-unsaturated/α-hetero) is 1. The molecule has 0 radical (unpaired) electrons. The minimum absolute atomic E-state index is 0. The second-order valence-electron chi connectivity index (χ2n) is 20.3. The number of carbonyl (C=O) groups is 3. The number of carbonyl (C=O) groups excluding carboxylic acids is 3. The van der Waals surface area contributed by atoms with E-state index in [1.165, 1.54) is 39.9 Å². The second kappa shape index (κ2) is 22.1. The molecule has 2 aliphatic heterocycles. The van der Waals surface area contributed by atoms with Crippen molar-refractivity contribution in [1.29, 1.82) is 0 Å². The van der Waals surface area contributed by atoms with E-state index < -0.39 is 0 Å². The maximum Gasteiger partial charge on any atom is 0.311 e. The first-order valence-corrected chi connectivity index (χ1v) is 23.2. The van der Waals surface area contributed by atoms with Crippen LogP contribution in [0.3, 0.4) is 0 Å². The Morgan fingerprint density at radius 2 is 1.09 bits per heavy atom. The van der Waals surface area contributed by atoms with Crippen molar-refractivity contribution in [2.24, 2.45) is 34.5 Å². The van der Waals surface area contributed by atoms with Gasteiger partial charge in [0, 0.05) is 49.9 Å².